The number of carbonyl (C=O) groups is 1. The summed E-state index contributed by atoms with van der Waals surface area (Å²) in [5.41, 5.74) is 2.40. The molecule has 112 valence electrons. The molecule has 0 fully saturated rings. The van der Waals surface area contributed by atoms with E-state index in [2.05, 4.69) is 10.3 Å². The Labute approximate surface area is 141 Å². The van der Waals surface area contributed by atoms with Crippen molar-refractivity contribution in [2.75, 3.05) is 5.32 Å². The molecular formula is C16H13ClN2OS2. The van der Waals surface area contributed by atoms with E-state index < -0.39 is 0 Å². The number of nitrogens with zero attached hydrogens (tertiary/aromatic N) is 1. The number of thiazole rings is 1. The fourth-order valence-corrected chi connectivity index (χ4v) is 4.05. The Morgan fingerprint density at radius 2 is 2.09 bits per heavy atom. The Balaban J connectivity index is 1.86. The van der Waals surface area contributed by atoms with Gasteiger partial charge in [0.15, 0.2) is 0 Å². The predicted molar refractivity (Wildman–Crippen MR) is 94.3 cm³/mol. The Bertz CT molecular complexity index is 825. The van der Waals surface area contributed by atoms with E-state index in [1.165, 1.54) is 11.3 Å². The summed E-state index contributed by atoms with van der Waals surface area (Å²) in [6, 6.07) is 9.53. The van der Waals surface area contributed by atoms with E-state index in [1.54, 1.807) is 11.3 Å². The second kappa shape index (κ2) is 6.20. The van der Waals surface area contributed by atoms with Gasteiger partial charge in [-0.3, -0.25) is 4.79 Å². The van der Waals surface area contributed by atoms with Crippen LogP contribution in [0.25, 0.3) is 9.88 Å². The molecule has 22 heavy (non-hydrogen) atoms. The first-order valence-electron chi connectivity index (χ1n) is 6.63. The highest BCUT2D eigenvalue weighted by molar-refractivity contribution is 7.22. The van der Waals surface area contributed by atoms with Crippen LogP contribution in [0.2, 0.25) is 5.02 Å². The second-order valence-electron chi connectivity index (χ2n) is 4.85. The first-order chi connectivity index (χ1) is 10.5. The Morgan fingerprint density at radius 1 is 1.27 bits per heavy atom. The zero-order valence-corrected chi connectivity index (χ0v) is 14.4. The second-order valence-corrected chi connectivity index (χ2v) is 7.20. The maximum atomic E-state index is 12.5. The molecule has 2 heterocycles. The van der Waals surface area contributed by atoms with Crippen LogP contribution < -0.4 is 5.32 Å². The van der Waals surface area contributed by atoms with Crippen LogP contribution in [-0.2, 0) is 0 Å². The average Bonchev–Trinajstić information content (AvgIpc) is 3.10. The van der Waals surface area contributed by atoms with Gasteiger partial charge < -0.3 is 5.32 Å². The van der Waals surface area contributed by atoms with Gasteiger partial charge in [0.05, 0.1) is 21.3 Å². The van der Waals surface area contributed by atoms with Crippen LogP contribution in [0.3, 0.4) is 0 Å². The molecule has 1 amide bonds. The summed E-state index contributed by atoms with van der Waals surface area (Å²) in [6.07, 6.45) is 0. The van der Waals surface area contributed by atoms with Crippen LogP contribution in [0.5, 0.6) is 0 Å². The number of amides is 1. The van der Waals surface area contributed by atoms with E-state index in [-0.39, 0.29) is 5.91 Å². The van der Waals surface area contributed by atoms with Gasteiger partial charge in [0.2, 0.25) is 0 Å². The summed E-state index contributed by atoms with van der Waals surface area (Å²) in [6.45, 7) is 3.80. The molecule has 0 aliphatic rings. The average molecular weight is 349 g/mol. The lowest BCUT2D eigenvalue weighted by Crippen LogP contribution is -2.11. The van der Waals surface area contributed by atoms with Gasteiger partial charge in [0.25, 0.3) is 5.91 Å². The molecule has 1 aromatic carbocycles. The molecule has 2 aromatic heterocycles. The third-order valence-corrected chi connectivity index (χ3v) is 5.62. The van der Waals surface area contributed by atoms with Crippen molar-refractivity contribution < 1.29 is 4.79 Å². The summed E-state index contributed by atoms with van der Waals surface area (Å²) in [7, 11) is 0. The van der Waals surface area contributed by atoms with Crippen molar-refractivity contribution >= 4 is 45.9 Å². The third kappa shape index (κ3) is 3.06. The van der Waals surface area contributed by atoms with Crippen molar-refractivity contribution in [2.24, 2.45) is 0 Å². The van der Waals surface area contributed by atoms with Gasteiger partial charge in [-0.25, -0.2) is 4.98 Å². The quantitative estimate of drug-likeness (QED) is 0.689. The van der Waals surface area contributed by atoms with E-state index in [1.807, 2.05) is 49.6 Å². The Morgan fingerprint density at radius 3 is 2.77 bits per heavy atom. The van der Waals surface area contributed by atoms with Crippen molar-refractivity contribution in [3.05, 3.63) is 56.9 Å². The van der Waals surface area contributed by atoms with Crippen molar-refractivity contribution in [3.63, 3.8) is 0 Å². The molecule has 0 aliphatic heterocycles. The highest BCUT2D eigenvalue weighted by Crippen LogP contribution is 2.32. The fraction of sp³-hybridized carbons (Fsp3) is 0.125. The maximum absolute atomic E-state index is 12.5. The van der Waals surface area contributed by atoms with Crippen LogP contribution in [0.15, 0.2) is 35.7 Å². The number of thiophene rings is 1. The topological polar surface area (TPSA) is 42.0 Å². The number of hydrogen-bond acceptors (Lipinski definition) is 4. The van der Waals surface area contributed by atoms with Crippen LogP contribution >= 0.6 is 34.3 Å². The van der Waals surface area contributed by atoms with Crippen LogP contribution in [0.4, 0.5) is 5.69 Å². The molecule has 0 bridgehead atoms. The molecule has 0 aliphatic carbocycles. The lowest BCUT2D eigenvalue weighted by molar-refractivity contribution is 0.103. The lowest BCUT2D eigenvalue weighted by Gasteiger charge is -2.06. The molecule has 3 nitrogen and oxygen atoms in total. The molecule has 3 rings (SSSR count). The van der Waals surface area contributed by atoms with Crippen molar-refractivity contribution in [2.45, 2.75) is 13.8 Å². The highest BCUT2D eigenvalue weighted by atomic mass is 35.5. The van der Waals surface area contributed by atoms with Crippen molar-refractivity contribution in [1.82, 2.24) is 4.98 Å². The molecule has 0 atom stereocenters. The van der Waals surface area contributed by atoms with E-state index in [0.717, 1.165) is 21.1 Å². The van der Waals surface area contributed by atoms with Gasteiger partial charge in [-0.15, -0.1) is 22.7 Å². The molecule has 0 saturated carbocycles. The zero-order valence-electron chi connectivity index (χ0n) is 12.0. The molecule has 0 spiro atoms. The van der Waals surface area contributed by atoms with Gasteiger partial charge >= 0.3 is 0 Å². The van der Waals surface area contributed by atoms with Gasteiger partial charge in [0.1, 0.15) is 9.88 Å². The molecule has 3 aromatic rings. The number of anilines is 1. The zero-order chi connectivity index (χ0) is 15.7. The standard InChI is InChI=1S/C16H13ClN2OS2/c1-9-5-6-12(11(17)8-9)19-15(20)14-10(2)18-16(22-14)13-4-3-7-21-13/h3-8H,1-2H3,(H,19,20). The fourth-order valence-electron chi connectivity index (χ4n) is 2.01. The Hall–Kier alpha value is -1.69. The minimum Gasteiger partial charge on any atom is -0.320 e. The largest absolute Gasteiger partial charge is 0.320 e. The summed E-state index contributed by atoms with van der Waals surface area (Å²) < 4.78 is 0. The Kier molecular flexibility index (Phi) is 4.29. The molecule has 1 N–H and O–H groups in total. The summed E-state index contributed by atoms with van der Waals surface area (Å²) in [4.78, 5) is 18.6. The minimum absolute atomic E-state index is 0.177. The van der Waals surface area contributed by atoms with Gasteiger partial charge in [0, 0.05) is 0 Å². The molecule has 0 unspecified atom stereocenters. The number of benzene rings is 1. The predicted octanol–water partition coefficient (Wildman–Crippen LogP) is 5.39. The first kappa shape index (κ1) is 15.2. The molecule has 6 heteroatoms. The van der Waals surface area contributed by atoms with E-state index >= 15 is 0 Å². The summed E-state index contributed by atoms with van der Waals surface area (Å²) in [5.74, 6) is -0.177. The summed E-state index contributed by atoms with van der Waals surface area (Å²) >= 11 is 9.17. The number of nitrogens with one attached hydrogen (secondary N) is 1. The minimum atomic E-state index is -0.177. The van der Waals surface area contributed by atoms with Crippen LogP contribution in [-0.4, -0.2) is 10.9 Å². The monoisotopic (exact) mass is 348 g/mol. The molecule has 0 radical (unpaired) electrons. The SMILES string of the molecule is Cc1ccc(NC(=O)c2sc(-c3cccs3)nc2C)c(Cl)c1. The van der Waals surface area contributed by atoms with Crippen molar-refractivity contribution in [1.29, 1.82) is 0 Å². The number of rotatable bonds is 3. The van der Waals surface area contributed by atoms with E-state index in [4.69, 9.17) is 11.6 Å². The molecule has 0 saturated heterocycles. The number of aromatic nitrogens is 1. The van der Waals surface area contributed by atoms with Gasteiger partial charge in [-0.05, 0) is 43.0 Å². The van der Waals surface area contributed by atoms with Crippen molar-refractivity contribution in [3.8, 4) is 9.88 Å². The van der Waals surface area contributed by atoms with Crippen LogP contribution in [0.1, 0.15) is 20.9 Å². The number of hydrogen-bond donors (Lipinski definition) is 1. The van der Waals surface area contributed by atoms with E-state index in [9.17, 15) is 4.79 Å². The molecular weight excluding hydrogens is 336 g/mol. The van der Waals surface area contributed by atoms with E-state index in [0.29, 0.717) is 15.6 Å². The lowest BCUT2D eigenvalue weighted by atomic mass is 10.2. The third-order valence-electron chi connectivity index (χ3n) is 3.11. The summed E-state index contributed by atoms with van der Waals surface area (Å²) in [5, 5.41) is 6.26. The first-order valence-corrected chi connectivity index (χ1v) is 8.71. The normalized spacial score (nSPS) is 10.7. The number of aryl methyl sites for hydroxylation is 2. The van der Waals surface area contributed by atoms with Gasteiger partial charge in [-0.1, -0.05) is 23.7 Å². The smallest absolute Gasteiger partial charge is 0.267 e. The highest BCUT2D eigenvalue weighted by Gasteiger charge is 2.17. The maximum Gasteiger partial charge on any atom is 0.267 e. The number of carbonyl (C=O) groups excluding carboxylic acids is 1. The van der Waals surface area contributed by atoms with Crippen LogP contribution in [0, 0.1) is 13.8 Å². The number of halogens is 1. The van der Waals surface area contributed by atoms with Gasteiger partial charge in [-0.2, -0.15) is 0 Å².